The standard InChI is InChI=1S/C20H22N2O3S/c1-12-11-14(18(24)25)7-10-16(12)21-19(26)22-17(23)13-5-8-15(9-6-13)20(2,3)4/h5-11H,1-4H3,(H,24,25)(H2,21,22,23,26). The van der Waals surface area contributed by atoms with Gasteiger partial charge in [-0.05, 0) is 66.0 Å². The van der Waals surface area contributed by atoms with E-state index >= 15 is 0 Å². The molecule has 0 atom stereocenters. The molecule has 0 radical (unpaired) electrons. The molecule has 5 nitrogen and oxygen atoms in total. The van der Waals surface area contributed by atoms with Crippen molar-refractivity contribution < 1.29 is 14.7 Å². The lowest BCUT2D eigenvalue weighted by Gasteiger charge is -2.19. The number of hydrogen-bond acceptors (Lipinski definition) is 3. The number of rotatable bonds is 3. The Labute approximate surface area is 158 Å². The van der Waals surface area contributed by atoms with Gasteiger partial charge >= 0.3 is 5.97 Å². The third-order valence-corrected chi connectivity index (χ3v) is 4.17. The van der Waals surface area contributed by atoms with Gasteiger partial charge in [-0.15, -0.1) is 0 Å². The van der Waals surface area contributed by atoms with Gasteiger partial charge in [0.2, 0.25) is 0 Å². The molecule has 3 N–H and O–H groups in total. The highest BCUT2D eigenvalue weighted by atomic mass is 32.1. The molecular formula is C20H22N2O3S. The first-order valence-electron chi connectivity index (χ1n) is 8.15. The zero-order chi connectivity index (χ0) is 19.5. The van der Waals surface area contributed by atoms with E-state index in [1.807, 2.05) is 12.1 Å². The molecule has 0 spiro atoms. The summed E-state index contributed by atoms with van der Waals surface area (Å²) < 4.78 is 0. The fourth-order valence-electron chi connectivity index (χ4n) is 2.39. The van der Waals surface area contributed by atoms with Crippen molar-refractivity contribution in [2.45, 2.75) is 33.1 Å². The Morgan fingerprint density at radius 1 is 1.00 bits per heavy atom. The van der Waals surface area contributed by atoms with Crippen molar-refractivity contribution in [3.05, 3.63) is 64.7 Å². The molecule has 0 saturated carbocycles. The Bertz CT molecular complexity index is 852. The number of hydrogen-bond donors (Lipinski definition) is 3. The molecule has 2 aromatic rings. The van der Waals surface area contributed by atoms with Gasteiger partial charge in [-0.1, -0.05) is 32.9 Å². The summed E-state index contributed by atoms with van der Waals surface area (Å²) in [6, 6.07) is 12.0. The van der Waals surface area contributed by atoms with Crippen LogP contribution in [0.15, 0.2) is 42.5 Å². The lowest BCUT2D eigenvalue weighted by molar-refractivity contribution is 0.0696. The van der Waals surface area contributed by atoms with E-state index in [0.717, 1.165) is 11.1 Å². The first kappa shape index (κ1) is 19.6. The predicted octanol–water partition coefficient (Wildman–Crippen LogP) is 4.12. The molecule has 0 unspecified atom stereocenters. The van der Waals surface area contributed by atoms with Crippen LogP contribution in [-0.4, -0.2) is 22.1 Å². The number of carbonyl (C=O) groups excluding carboxylic acids is 1. The van der Waals surface area contributed by atoms with Crippen LogP contribution in [0.2, 0.25) is 0 Å². The average molecular weight is 370 g/mol. The number of aryl methyl sites for hydroxylation is 1. The van der Waals surface area contributed by atoms with Gasteiger partial charge in [0.05, 0.1) is 5.56 Å². The minimum Gasteiger partial charge on any atom is -0.478 e. The monoisotopic (exact) mass is 370 g/mol. The molecule has 0 saturated heterocycles. The first-order valence-corrected chi connectivity index (χ1v) is 8.55. The lowest BCUT2D eigenvalue weighted by atomic mass is 9.87. The van der Waals surface area contributed by atoms with Crippen LogP contribution in [0.3, 0.4) is 0 Å². The van der Waals surface area contributed by atoms with E-state index in [1.165, 1.54) is 6.07 Å². The number of aromatic carboxylic acids is 1. The number of benzene rings is 2. The van der Waals surface area contributed by atoms with Crippen LogP contribution in [0.25, 0.3) is 0 Å². The summed E-state index contributed by atoms with van der Waals surface area (Å²) in [5.41, 5.74) is 3.23. The van der Waals surface area contributed by atoms with Crippen LogP contribution in [0.1, 0.15) is 52.6 Å². The second-order valence-corrected chi connectivity index (χ2v) is 7.48. The van der Waals surface area contributed by atoms with E-state index in [2.05, 4.69) is 31.4 Å². The lowest BCUT2D eigenvalue weighted by Crippen LogP contribution is -2.34. The van der Waals surface area contributed by atoms with Crippen molar-refractivity contribution in [3.8, 4) is 0 Å². The molecule has 2 rings (SSSR count). The Balaban J connectivity index is 2.03. The average Bonchev–Trinajstić information content (AvgIpc) is 2.55. The molecule has 26 heavy (non-hydrogen) atoms. The molecule has 0 aromatic heterocycles. The second kappa shape index (κ2) is 7.66. The molecular weight excluding hydrogens is 348 g/mol. The number of nitrogens with one attached hydrogen (secondary N) is 2. The molecule has 0 aliphatic heterocycles. The van der Waals surface area contributed by atoms with Crippen LogP contribution >= 0.6 is 12.2 Å². The summed E-state index contributed by atoms with van der Waals surface area (Å²) in [6.07, 6.45) is 0. The Hall–Kier alpha value is -2.73. The van der Waals surface area contributed by atoms with Gasteiger partial charge in [-0.3, -0.25) is 10.1 Å². The molecule has 6 heteroatoms. The van der Waals surface area contributed by atoms with Gasteiger partial charge in [0, 0.05) is 11.3 Å². The van der Waals surface area contributed by atoms with Gasteiger partial charge in [0.1, 0.15) is 0 Å². The van der Waals surface area contributed by atoms with Crippen molar-refractivity contribution >= 4 is 34.9 Å². The summed E-state index contributed by atoms with van der Waals surface area (Å²) in [5.74, 6) is -1.29. The predicted molar refractivity (Wildman–Crippen MR) is 107 cm³/mol. The third-order valence-electron chi connectivity index (χ3n) is 3.96. The van der Waals surface area contributed by atoms with Crippen LogP contribution in [0, 0.1) is 6.92 Å². The summed E-state index contributed by atoms with van der Waals surface area (Å²) in [6.45, 7) is 8.10. The largest absolute Gasteiger partial charge is 0.478 e. The van der Waals surface area contributed by atoms with Crippen LogP contribution in [0.5, 0.6) is 0 Å². The molecule has 0 heterocycles. The third kappa shape index (κ3) is 4.89. The zero-order valence-corrected chi connectivity index (χ0v) is 16.0. The number of anilines is 1. The maximum Gasteiger partial charge on any atom is 0.335 e. The normalized spacial score (nSPS) is 10.9. The fraction of sp³-hybridized carbons (Fsp3) is 0.250. The minimum absolute atomic E-state index is 0.0193. The molecule has 2 aromatic carbocycles. The van der Waals surface area contributed by atoms with Gasteiger partial charge in [0.15, 0.2) is 5.11 Å². The molecule has 0 aliphatic rings. The number of amides is 1. The smallest absolute Gasteiger partial charge is 0.335 e. The zero-order valence-electron chi connectivity index (χ0n) is 15.2. The summed E-state index contributed by atoms with van der Waals surface area (Å²) >= 11 is 5.18. The second-order valence-electron chi connectivity index (χ2n) is 7.07. The highest BCUT2D eigenvalue weighted by molar-refractivity contribution is 7.80. The number of carboxylic acids is 1. The maximum atomic E-state index is 12.3. The van der Waals surface area contributed by atoms with Gasteiger partial charge in [-0.25, -0.2) is 4.79 Å². The van der Waals surface area contributed by atoms with Crippen molar-refractivity contribution in [1.82, 2.24) is 5.32 Å². The SMILES string of the molecule is Cc1cc(C(=O)O)ccc1NC(=S)NC(=O)c1ccc(C(C)(C)C)cc1. The molecule has 136 valence electrons. The highest BCUT2D eigenvalue weighted by Crippen LogP contribution is 2.22. The van der Waals surface area contributed by atoms with Crippen molar-refractivity contribution in [2.24, 2.45) is 0 Å². The molecule has 1 amide bonds. The Morgan fingerprint density at radius 2 is 1.58 bits per heavy atom. The van der Waals surface area contributed by atoms with E-state index in [9.17, 15) is 9.59 Å². The van der Waals surface area contributed by atoms with Gasteiger partial charge in [0.25, 0.3) is 5.91 Å². The van der Waals surface area contributed by atoms with Crippen molar-refractivity contribution in [3.63, 3.8) is 0 Å². The number of carboxylic acid groups (broad SMARTS) is 1. The summed E-state index contributed by atoms with van der Waals surface area (Å²) in [4.78, 5) is 23.3. The van der Waals surface area contributed by atoms with E-state index < -0.39 is 5.97 Å². The Kier molecular flexibility index (Phi) is 5.77. The van der Waals surface area contributed by atoms with Gasteiger partial charge in [-0.2, -0.15) is 0 Å². The first-order chi connectivity index (χ1) is 12.1. The molecule has 0 bridgehead atoms. The van der Waals surface area contributed by atoms with Crippen LogP contribution < -0.4 is 10.6 Å². The van der Waals surface area contributed by atoms with E-state index in [1.54, 1.807) is 31.2 Å². The van der Waals surface area contributed by atoms with Crippen LogP contribution in [0.4, 0.5) is 5.69 Å². The van der Waals surface area contributed by atoms with E-state index in [-0.39, 0.29) is 22.0 Å². The van der Waals surface area contributed by atoms with E-state index in [0.29, 0.717) is 11.3 Å². The van der Waals surface area contributed by atoms with Crippen molar-refractivity contribution in [2.75, 3.05) is 5.32 Å². The summed E-state index contributed by atoms with van der Waals surface area (Å²) in [5, 5.41) is 14.7. The van der Waals surface area contributed by atoms with Crippen molar-refractivity contribution in [1.29, 1.82) is 0 Å². The Morgan fingerprint density at radius 3 is 2.08 bits per heavy atom. The number of carbonyl (C=O) groups is 2. The molecule has 0 aliphatic carbocycles. The van der Waals surface area contributed by atoms with Gasteiger partial charge < -0.3 is 10.4 Å². The van der Waals surface area contributed by atoms with Crippen LogP contribution in [-0.2, 0) is 5.41 Å². The number of thiocarbonyl (C=S) groups is 1. The maximum absolute atomic E-state index is 12.3. The molecule has 0 fully saturated rings. The fourth-order valence-corrected chi connectivity index (χ4v) is 2.59. The highest BCUT2D eigenvalue weighted by Gasteiger charge is 2.15. The quantitative estimate of drug-likeness (QED) is 0.709. The summed E-state index contributed by atoms with van der Waals surface area (Å²) in [7, 11) is 0. The topological polar surface area (TPSA) is 78.4 Å². The van der Waals surface area contributed by atoms with E-state index in [4.69, 9.17) is 17.3 Å². The minimum atomic E-state index is -0.991.